The van der Waals surface area contributed by atoms with Gasteiger partial charge in [-0.25, -0.2) is 4.68 Å². The molecule has 1 aliphatic rings. The summed E-state index contributed by atoms with van der Waals surface area (Å²) in [6.45, 7) is 4.26. The monoisotopic (exact) mass is 271 g/mol. The van der Waals surface area contributed by atoms with E-state index in [1.165, 1.54) is 25.7 Å². The van der Waals surface area contributed by atoms with Crippen LogP contribution in [0.4, 0.5) is 5.69 Å². The highest BCUT2D eigenvalue weighted by Crippen LogP contribution is 2.36. The van der Waals surface area contributed by atoms with Gasteiger partial charge in [0.1, 0.15) is 0 Å². The van der Waals surface area contributed by atoms with Crippen LogP contribution in [0.2, 0.25) is 0 Å². The van der Waals surface area contributed by atoms with Crippen LogP contribution in [-0.2, 0) is 0 Å². The van der Waals surface area contributed by atoms with Gasteiger partial charge in [-0.05, 0) is 55.2 Å². The van der Waals surface area contributed by atoms with Crippen molar-refractivity contribution in [2.24, 2.45) is 5.92 Å². The van der Waals surface area contributed by atoms with Crippen molar-refractivity contribution in [3.05, 3.63) is 23.8 Å². The molecule has 1 aliphatic carbocycles. The van der Waals surface area contributed by atoms with Gasteiger partial charge < -0.3 is 5.73 Å². The number of benzene rings is 1. The van der Waals surface area contributed by atoms with Crippen molar-refractivity contribution in [2.75, 3.05) is 5.73 Å². The fourth-order valence-electron chi connectivity index (χ4n) is 3.15. The molecule has 2 N–H and O–H groups in total. The number of nitrogen functional groups attached to an aromatic ring is 1. The number of rotatable bonds is 3. The summed E-state index contributed by atoms with van der Waals surface area (Å²) in [7, 11) is 0. The van der Waals surface area contributed by atoms with Crippen LogP contribution in [-0.4, -0.2) is 20.2 Å². The van der Waals surface area contributed by atoms with E-state index in [1.807, 2.05) is 16.8 Å². The van der Waals surface area contributed by atoms with Gasteiger partial charge in [-0.15, -0.1) is 5.10 Å². The average Bonchev–Trinajstić information content (AvgIpc) is 3.11. The summed E-state index contributed by atoms with van der Waals surface area (Å²) in [4.78, 5) is 0. The molecule has 1 saturated carbocycles. The number of aromatic nitrogens is 4. The van der Waals surface area contributed by atoms with Crippen LogP contribution in [0.15, 0.2) is 18.2 Å². The lowest BCUT2D eigenvalue weighted by Gasteiger charge is -2.20. The SMILES string of the molecule is Cc1ccc(N)c(-c2nnnn2C(C)C2CCCC2)c1. The Balaban J connectivity index is 1.99. The van der Waals surface area contributed by atoms with E-state index in [0.717, 1.165) is 22.6 Å². The zero-order valence-corrected chi connectivity index (χ0v) is 12.1. The number of hydrogen-bond acceptors (Lipinski definition) is 4. The Labute approximate surface area is 119 Å². The minimum atomic E-state index is 0.322. The molecule has 0 spiro atoms. The first kappa shape index (κ1) is 13.1. The van der Waals surface area contributed by atoms with Crippen LogP contribution in [0.5, 0.6) is 0 Å². The van der Waals surface area contributed by atoms with E-state index in [0.29, 0.717) is 12.0 Å². The third-order valence-electron chi connectivity index (χ3n) is 4.41. The molecule has 5 nitrogen and oxygen atoms in total. The molecule has 106 valence electrons. The van der Waals surface area contributed by atoms with Gasteiger partial charge in [-0.3, -0.25) is 0 Å². The third kappa shape index (κ3) is 2.28. The van der Waals surface area contributed by atoms with Crippen molar-refractivity contribution in [1.82, 2.24) is 20.2 Å². The molecular formula is C15H21N5. The summed E-state index contributed by atoms with van der Waals surface area (Å²) in [5.74, 6) is 1.45. The molecule has 0 radical (unpaired) electrons. The number of nitrogens with zero attached hydrogens (tertiary/aromatic N) is 4. The van der Waals surface area contributed by atoms with Gasteiger partial charge in [0, 0.05) is 11.3 Å². The molecule has 1 atom stereocenters. The van der Waals surface area contributed by atoms with E-state index in [1.54, 1.807) is 0 Å². The van der Waals surface area contributed by atoms with Crippen LogP contribution in [0.3, 0.4) is 0 Å². The molecular weight excluding hydrogens is 250 g/mol. The van der Waals surface area contributed by atoms with Crippen LogP contribution < -0.4 is 5.73 Å². The lowest BCUT2D eigenvalue weighted by atomic mass is 9.99. The largest absolute Gasteiger partial charge is 0.398 e. The standard InChI is InChI=1S/C15H21N5/c1-10-7-8-14(16)13(9-10)15-17-18-19-20(15)11(2)12-5-3-4-6-12/h7-9,11-12H,3-6,16H2,1-2H3. The zero-order chi connectivity index (χ0) is 14.1. The molecule has 3 rings (SSSR count). The van der Waals surface area contributed by atoms with Crippen molar-refractivity contribution >= 4 is 5.69 Å². The van der Waals surface area contributed by atoms with E-state index in [9.17, 15) is 0 Å². The van der Waals surface area contributed by atoms with Crippen molar-refractivity contribution in [2.45, 2.75) is 45.6 Å². The van der Waals surface area contributed by atoms with E-state index >= 15 is 0 Å². The molecule has 1 aromatic heterocycles. The van der Waals surface area contributed by atoms with Gasteiger partial charge >= 0.3 is 0 Å². The van der Waals surface area contributed by atoms with Gasteiger partial charge in [0.2, 0.25) is 0 Å². The second kappa shape index (κ2) is 5.23. The van der Waals surface area contributed by atoms with Crippen molar-refractivity contribution in [3.63, 3.8) is 0 Å². The quantitative estimate of drug-likeness (QED) is 0.871. The maximum Gasteiger partial charge on any atom is 0.184 e. The molecule has 2 aromatic rings. The van der Waals surface area contributed by atoms with E-state index in [4.69, 9.17) is 5.73 Å². The van der Waals surface area contributed by atoms with Crippen LogP contribution in [0.25, 0.3) is 11.4 Å². The molecule has 5 heteroatoms. The molecule has 0 amide bonds. The van der Waals surface area contributed by atoms with Crippen LogP contribution in [0, 0.1) is 12.8 Å². The molecule has 1 unspecified atom stereocenters. The lowest BCUT2D eigenvalue weighted by molar-refractivity contribution is 0.332. The molecule has 1 aromatic carbocycles. The Morgan fingerprint density at radius 2 is 2.05 bits per heavy atom. The van der Waals surface area contributed by atoms with Crippen molar-refractivity contribution < 1.29 is 0 Å². The summed E-state index contributed by atoms with van der Waals surface area (Å²) in [5.41, 5.74) is 8.92. The summed E-state index contributed by atoms with van der Waals surface area (Å²) in [5, 5.41) is 12.3. The number of hydrogen-bond donors (Lipinski definition) is 1. The van der Waals surface area contributed by atoms with E-state index in [2.05, 4.69) is 35.4 Å². The van der Waals surface area contributed by atoms with Crippen LogP contribution >= 0.6 is 0 Å². The van der Waals surface area contributed by atoms with Gasteiger partial charge in [0.15, 0.2) is 5.82 Å². The zero-order valence-electron chi connectivity index (χ0n) is 12.1. The summed E-state index contributed by atoms with van der Waals surface area (Å²) in [6.07, 6.45) is 5.17. The molecule has 20 heavy (non-hydrogen) atoms. The second-order valence-electron chi connectivity index (χ2n) is 5.82. The highest BCUT2D eigenvalue weighted by molar-refractivity contribution is 5.72. The number of tetrazole rings is 1. The first-order valence-corrected chi connectivity index (χ1v) is 7.31. The first-order valence-electron chi connectivity index (χ1n) is 7.31. The van der Waals surface area contributed by atoms with Gasteiger partial charge in [-0.1, -0.05) is 24.5 Å². The average molecular weight is 271 g/mol. The summed E-state index contributed by atoms with van der Waals surface area (Å²) >= 11 is 0. The fourth-order valence-corrected chi connectivity index (χ4v) is 3.15. The fraction of sp³-hybridized carbons (Fsp3) is 0.533. The van der Waals surface area contributed by atoms with Gasteiger partial charge in [0.25, 0.3) is 0 Å². The van der Waals surface area contributed by atoms with E-state index in [-0.39, 0.29) is 0 Å². The van der Waals surface area contributed by atoms with Gasteiger partial charge in [0.05, 0.1) is 6.04 Å². The molecule has 0 aliphatic heterocycles. The summed E-state index contributed by atoms with van der Waals surface area (Å²) < 4.78 is 1.95. The third-order valence-corrected chi connectivity index (χ3v) is 4.41. The number of aryl methyl sites for hydroxylation is 1. The second-order valence-corrected chi connectivity index (χ2v) is 5.82. The maximum absolute atomic E-state index is 6.09. The van der Waals surface area contributed by atoms with Gasteiger partial charge in [-0.2, -0.15) is 0 Å². The lowest BCUT2D eigenvalue weighted by Crippen LogP contribution is -2.17. The highest BCUT2D eigenvalue weighted by Gasteiger charge is 2.26. The number of nitrogens with two attached hydrogens (primary N) is 1. The van der Waals surface area contributed by atoms with Crippen LogP contribution in [0.1, 0.15) is 44.2 Å². The molecule has 1 heterocycles. The first-order chi connectivity index (χ1) is 9.66. The maximum atomic E-state index is 6.09. The Morgan fingerprint density at radius 1 is 1.30 bits per heavy atom. The predicted octanol–water partition coefficient (Wildman–Crippen LogP) is 2.98. The Bertz CT molecular complexity index is 598. The minimum Gasteiger partial charge on any atom is -0.398 e. The van der Waals surface area contributed by atoms with E-state index < -0.39 is 0 Å². The van der Waals surface area contributed by atoms with Crippen molar-refractivity contribution in [1.29, 1.82) is 0 Å². The highest BCUT2D eigenvalue weighted by atomic mass is 15.5. The Hall–Kier alpha value is -1.91. The normalized spacial score (nSPS) is 17.5. The summed E-state index contributed by atoms with van der Waals surface area (Å²) in [6, 6.07) is 6.30. The number of anilines is 1. The van der Waals surface area contributed by atoms with Crippen molar-refractivity contribution in [3.8, 4) is 11.4 Å². The predicted molar refractivity (Wildman–Crippen MR) is 79.1 cm³/mol. The Morgan fingerprint density at radius 3 is 2.80 bits per heavy atom. The smallest absolute Gasteiger partial charge is 0.184 e. The molecule has 0 bridgehead atoms. The minimum absolute atomic E-state index is 0.322. The molecule has 1 fully saturated rings. The molecule has 0 saturated heterocycles. The topological polar surface area (TPSA) is 69.6 Å². The Kier molecular flexibility index (Phi) is 3.42.